The van der Waals surface area contributed by atoms with Crippen molar-refractivity contribution in [2.24, 2.45) is 5.10 Å². The van der Waals surface area contributed by atoms with E-state index in [4.69, 9.17) is 11.6 Å². The molecule has 0 saturated heterocycles. The monoisotopic (exact) mass is 472 g/mol. The van der Waals surface area contributed by atoms with Crippen LogP contribution in [0, 0.1) is 17.0 Å². The number of aryl methyl sites for hydroxylation is 1. The maximum absolute atomic E-state index is 12.4. The average molecular weight is 473 g/mol. The van der Waals surface area contributed by atoms with E-state index in [-0.39, 0.29) is 21.2 Å². The summed E-state index contributed by atoms with van der Waals surface area (Å²) in [5, 5.41) is 14.7. The second-order valence-corrected chi connectivity index (χ2v) is 8.75. The molecule has 0 saturated carbocycles. The number of carbonyl (C=O) groups excluding carboxylic acids is 1. The number of rotatable bonds is 7. The lowest BCUT2D eigenvalue weighted by molar-refractivity contribution is -0.384. The third kappa shape index (κ3) is 5.68. The van der Waals surface area contributed by atoms with E-state index in [9.17, 15) is 23.3 Å². The molecule has 0 heterocycles. The molecule has 2 N–H and O–H groups in total. The van der Waals surface area contributed by atoms with Gasteiger partial charge in [-0.2, -0.15) is 5.10 Å². The van der Waals surface area contributed by atoms with E-state index in [0.29, 0.717) is 11.3 Å². The highest BCUT2D eigenvalue weighted by molar-refractivity contribution is 7.92. The van der Waals surface area contributed by atoms with Crippen LogP contribution >= 0.6 is 11.6 Å². The van der Waals surface area contributed by atoms with Gasteiger partial charge in [0.15, 0.2) is 0 Å². The van der Waals surface area contributed by atoms with Crippen LogP contribution in [0.5, 0.6) is 0 Å². The molecule has 0 aliphatic rings. The summed E-state index contributed by atoms with van der Waals surface area (Å²) in [6, 6.07) is 16.3. The Morgan fingerprint density at radius 3 is 2.34 bits per heavy atom. The van der Waals surface area contributed by atoms with E-state index in [0.717, 1.165) is 5.56 Å². The molecule has 0 aliphatic heterocycles. The number of nitro groups is 1. The molecule has 3 aromatic rings. The standard InChI is InChI=1S/C21H17ClN4O5S/c1-14-2-9-18(10-3-14)32(30,31)25-17-7-5-16(6-8-17)21(27)24-23-13-15-4-11-19(22)20(12-15)26(28)29/h2-13,25H,1H3,(H,24,27)/b23-13-. The zero-order chi connectivity index (χ0) is 23.3. The number of halogens is 1. The lowest BCUT2D eigenvalue weighted by Crippen LogP contribution is -2.18. The zero-order valence-corrected chi connectivity index (χ0v) is 18.2. The molecule has 164 valence electrons. The van der Waals surface area contributed by atoms with Gasteiger partial charge < -0.3 is 0 Å². The first-order valence-electron chi connectivity index (χ1n) is 9.12. The largest absolute Gasteiger partial charge is 0.288 e. The van der Waals surface area contributed by atoms with Gasteiger partial charge in [0, 0.05) is 22.9 Å². The average Bonchev–Trinajstić information content (AvgIpc) is 2.75. The maximum Gasteiger partial charge on any atom is 0.288 e. The van der Waals surface area contributed by atoms with Crippen LogP contribution in [0.25, 0.3) is 0 Å². The molecule has 0 radical (unpaired) electrons. The molecule has 32 heavy (non-hydrogen) atoms. The Bertz CT molecular complexity index is 1290. The highest BCUT2D eigenvalue weighted by Gasteiger charge is 2.14. The van der Waals surface area contributed by atoms with E-state index in [1.165, 1.54) is 60.8 Å². The summed E-state index contributed by atoms with van der Waals surface area (Å²) in [6.45, 7) is 1.86. The lowest BCUT2D eigenvalue weighted by Gasteiger charge is -2.09. The Morgan fingerprint density at radius 2 is 1.72 bits per heavy atom. The van der Waals surface area contributed by atoms with Crippen LogP contribution in [0.4, 0.5) is 11.4 Å². The quantitative estimate of drug-likeness (QED) is 0.303. The van der Waals surface area contributed by atoms with Crippen LogP contribution in [0.3, 0.4) is 0 Å². The summed E-state index contributed by atoms with van der Waals surface area (Å²) in [4.78, 5) is 22.6. The third-order valence-corrected chi connectivity index (χ3v) is 5.99. The molecule has 3 rings (SSSR count). The van der Waals surface area contributed by atoms with Crippen LogP contribution in [-0.4, -0.2) is 25.5 Å². The summed E-state index contributed by atoms with van der Waals surface area (Å²) in [6.07, 6.45) is 1.24. The van der Waals surface area contributed by atoms with Crippen molar-refractivity contribution >= 4 is 45.1 Å². The van der Waals surface area contributed by atoms with Gasteiger partial charge in [-0.3, -0.25) is 19.6 Å². The van der Waals surface area contributed by atoms with Gasteiger partial charge in [0.25, 0.3) is 21.6 Å². The molecule has 3 aromatic carbocycles. The Morgan fingerprint density at radius 1 is 1.06 bits per heavy atom. The van der Waals surface area contributed by atoms with Crippen molar-refractivity contribution in [2.45, 2.75) is 11.8 Å². The smallest absolute Gasteiger partial charge is 0.280 e. The number of nitrogens with one attached hydrogen (secondary N) is 2. The Labute approximate surface area is 188 Å². The highest BCUT2D eigenvalue weighted by Crippen LogP contribution is 2.24. The molecule has 0 bridgehead atoms. The van der Waals surface area contributed by atoms with E-state index >= 15 is 0 Å². The molecule has 11 heteroatoms. The van der Waals surface area contributed by atoms with Crippen molar-refractivity contribution in [1.29, 1.82) is 0 Å². The molecule has 0 aromatic heterocycles. The fourth-order valence-corrected chi connectivity index (χ4v) is 3.85. The summed E-state index contributed by atoms with van der Waals surface area (Å²) >= 11 is 5.75. The van der Waals surface area contributed by atoms with E-state index in [1.54, 1.807) is 12.1 Å². The highest BCUT2D eigenvalue weighted by atomic mass is 35.5. The van der Waals surface area contributed by atoms with Crippen molar-refractivity contribution in [3.05, 3.63) is 98.6 Å². The fourth-order valence-electron chi connectivity index (χ4n) is 2.60. The number of amides is 1. The van der Waals surface area contributed by atoms with Crippen molar-refractivity contribution in [1.82, 2.24) is 5.43 Å². The number of nitro benzene ring substituents is 1. The van der Waals surface area contributed by atoms with Gasteiger partial charge in [0.2, 0.25) is 0 Å². The molecule has 0 fully saturated rings. The minimum absolute atomic E-state index is 0.00530. The number of nitrogens with zero attached hydrogens (tertiary/aromatic N) is 2. The van der Waals surface area contributed by atoms with E-state index in [1.807, 2.05) is 6.92 Å². The predicted octanol–water partition coefficient (Wildman–Crippen LogP) is 4.12. The second kappa shape index (κ2) is 9.58. The van der Waals surface area contributed by atoms with E-state index in [2.05, 4.69) is 15.2 Å². The molecule has 0 aliphatic carbocycles. The van der Waals surface area contributed by atoms with Gasteiger partial charge in [-0.15, -0.1) is 0 Å². The topological polar surface area (TPSA) is 131 Å². The van der Waals surface area contributed by atoms with Crippen molar-refractivity contribution < 1.29 is 18.1 Å². The first-order valence-corrected chi connectivity index (χ1v) is 11.0. The van der Waals surface area contributed by atoms with Crippen molar-refractivity contribution in [2.75, 3.05) is 4.72 Å². The number of hydrogen-bond acceptors (Lipinski definition) is 6. The van der Waals surface area contributed by atoms with Crippen LogP contribution in [0.1, 0.15) is 21.5 Å². The summed E-state index contributed by atoms with van der Waals surface area (Å²) in [7, 11) is -3.75. The summed E-state index contributed by atoms with van der Waals surface area (Å²) in [5.74, 6) is -0.544. The number of hydrazone groups is 1. The lowest BCUT2D eigenvalue weighted by atomic mass is 10.2. The molecule has 0 atom stereocenters. The number of anilines is 1. The normalized spacial score (nSPS) is 11.3. The predicted molar refractivity (Wildman–Crippen MR) is 122 cm³/mol. The zero-order valence-electron chi connectivity index (χ0n) is 16.7. The number of benzene rings is 3. The Hall–Kier alpha value is -3.76. The molecule has 1 amide bonds. The minimum atomic E-state index is -3.75. The van der Waals surface area contributed by atoms with Gasteiger partial charge in [-0.05, 0) is 49.4 Å². The van der Waals surface area contributed by atoms with Crippen molar-refractivity contribution in [3.63, 3.8) is 0 Å². The molecule has 0 unspecified atom stereocenters. The number of carbonyl (C=O) groups is 1. The minimum Gasteiger partial charge on any atom is -0.280 e. The van der Waals surface area contributed by atoms with Crippen molar-refractivity contribution in [3.8, 4) is 0 Å². The second-order valence-electron chi connectivity index (χ2n) is 6.66. The summed E-state index contributed by atoms with van der Waals surface area (Å²) < 4.78 is 27.3. The SMILES string of the molecule is Cc1ccc(S(=O)(=O)Nc2ccc(C(=O)N/N=C\c3ccc(Cl)c([N+](=O)[O-])c3)cc2)cc1. The molecular weight excluding hydrogens is 456 g/mol. The first kappa shape index (κ1) is 22.9. The van der Waals surface area contributed by atoms with Crippen LogP contribution in [-0.2, 0) is 10.0 Å². The first-order chi connectivity index (χ1) is 15.2. The number of hydrogen-bond donors (Lipinski definition) is 2. The third-order valence-electron chi connectivity index (χ3n) is 4.28. The Balaban J connectivity index is 1.64. The number of sulfonamides is 1. The van der Waals surface area contributed by atoms with Gasteiger partial charge in [0.05, 0.1) is 16.0 Å². The molecule has 0 spiro atoms. The maximum atomic E-state index is 12.4. The molecular formula is C21H17ClN4O5S. The molecule has 9 nitrogen and oxygen atoms in total. The summed E-state index contributed by atoms with van der Waals surface area (Å²) in [5.41, 5.74) is 3.87. The van der Waals surface area contributed by atoms with Crippen LogP contribution in [0.15, 0.2) is 76.7 Å². The van der Waals surface area contributed by atoms with E-state index < -0.39 is 20.9 Å². The Kier molecular flexibility index (Phi) is 6.86. The van der Waals surface area contributed by atoms with Gasteiger partial charge in [-0.1, -0.05) is 35.4 Å². The fraction of sp³-hybridized carbons (Fsp3) is 0.0476. The van der Waals surface area contributed by atoms with Gasteiger partial charge in [-0.25, -0.2) is 13.8 Å². The van der Waals surface area contributed by atoms with Gasteiger partial charge in [0.1, 0.15) is 5.02 Å². The van der Waals surface area contributed by atoms with Crippen LogP contribution < -0.4 is 10.1 Å². The van der Waals surface area contributed by atoms with Crippen LogP contribution in [0.2, 0.25) is 5.02 Å². The van der Waals surface area contributed by atoms with Gasteiger partial charge >= 0.3 is 0 Å².